The molecule has 11 nitrogen and oxygen atoms in total. The molecular formula is C17H15N5O6. The molecule has 0 aliphatic carbocycles. The fraction of sp³-hybridized carbons (Fsp3) is 0.118. The number of rotatable bonds is 7. The number of carbonyl (C=O) groups excluding carboxylic acids is 1. The Bertz CT molecular complexity index is 992. The molecule has 11 heteroatoms. The predicted octanol–water partition coefficient (Wildman–Crippen LogP) is 2.85. The van der Waals surface area contributed by atoms with E-state index in [1.807, 2.05) is 0 Å². The van der Waals surface area contributed by atoms with Crippen LogP contribution in [0, 0.1) is 10.1 Å². The number of hydrogen-bond acceptors (Lipinski definition) is 8. The van der Waals surface area contributed by atoms with Gasteiger partial charge in [0.1, 0.15) is 23.0 Å². The van der Waals surface area contributed by atoms with E-state index in [1.54, 1.807) is 31.4 Å². The van der Waals surface area contributed by atoms with Crippen LogP contribution in [-0.2, 0) is 11.3 Å². The Labute approximate surface area is 158 Å². The summed E-state index contributed by atoms with van der Waals surface area (Å²) in [5, 5.41) is 21.0. The van der Waals surface area contributed by atoms with Crippen LogP contribution >= 0.6 is 0 Å². The van der Waals surface area contributed by atoms with Crippen LogP contribution in [0.2, 0.25) is 0 Å². The maximum Gasteiger partial charge on any atom is 0.433 e. The molecule has 0 bridgehead atoms. The van der Waals surface area contributed by atoms with Crippen molar-refractivity contribution in [2.45, 2.75) is 6.61 Å². The molecule has 3 aromatic rings. The first-order chi connectivity index (χ1) is 13.6. The van der Waals surface area contributed by atoms with Crippen molar-refractivity contribution in [3.63, 3.8) is 0 Å². The van der Waals surface area contributed by atoms with Crippen molar-refractivity contribution in [1.82, 2.24) is 15.6 Å². The number of nitrogens with zero attached hydrogens (tertiary/aromatic N) is 3. The van der Waals surface area contributed by atoms with Crippen LogP contribution in [0.3, 0.4) is 0 Å². The fourth-order valence-electron chi connectivity index (χ4n) is 2.21. The summed E-state index contributed by atoms with van der Waals surface area (Å²) in [4.78, 5) is 21.8. The van der Waals surface area contributed by atoms with E-state index in [0.29, 0.717) is 17.0 Å². The Balaban J connectivity index is 1.55. The molecule has 0 fully saturated rings. The second-order valence-corrected chi connectivity index (χ2v) is 5.39. The molecule has 1 aromatic carbocycles. The molecule has 2 aromatic heterocycles. The van der Waals surface area contributed by atoms with Gasteiger partial charge in [-0.2, -0.15) is 10.2 Å². The third-order valence-electron chi connectivity index (χ3n) is 3.58. The van der Waals surface area contributed by atoms with E-state index in [4.69, 9.17) is 13.9 Å². The van der Waals surface area contributed by atoms with Gasteiger partial charge in [-0.1, -0.05) is 12.1 Å². The summed E-state index contributed by atoms with van der Waals surface area (Å²) in [6.45, 7) is 0.0678. The van der Waals surface area contributed by atoms with Gasteiger partial charge < -0.3 is 13.9 Å². The molecule has 0 aliphatic rings. The van der Waals surface area contributed by atoms with Gasteiger partial charge in [0.25, 0.3) is 0 Å². The van der Waals surface area contributed by atoms with Crippen LogP contribution in [0.25, 0.3) is 11.5 Å². The zero-order valence-corrected chi connectivity index (χ0v) is 14.6. The number of amides is 1. The summed E-state index contributed by atoms with van der Waals surface area (Å²) >= 11 is 0. The van der Waals surface area contributed by atoms with Crippen molar-refractivity contribution in [1.29, 1.82) is 0 Å². The van der Waals surface area contributed by atoms with Gasteiger partial charge in [0.2, 0.25) is 0 Å². The first kappa shape index (κ1) is 18.6. The highest BCUT2D eigenvalue weighted by atomic mass is 16.6. The van der Waals surface area contributed by atoms with Crippen molar-refractivity contribution in [3.05, 3.63) is 63.8 Å². The minimum atomic E-state index is -0.745. The van der Waals surface area contributed by atoms with E-state index < -0.39 is 16.9 Å². The second-order valence-electron chi connectivity index (χ2n) is 5.39. The lowest BCUT2D eigenvalue weighted by atomic mass is 10.2. The number of methoxy groups -OCH3 is 1. The van der Waals surface area contributed by atoms with Crippen molar-refractivity contribution >= 4 is 18.2 Å². The number of carbonyl (C=O) groups is 1. The number of benzene rings is 1. The van der Waals surface area contributed by atoms with Gasteiger partial charge in [-0.25, -0.2) is 10.2 Å². The largest absolute Gasteiger partial charge is 0.497 e. The Kier molecular flexibility index (Phi) is 5.65. The fourth-order valence-corrected chi connectivity index (χ4v) is 2.21. The monoisotopic (exact) mass is 385 g/mol. The lowest BCUT2D eigenvalue weighted by Crippen LogP contribution is -2.18. The summed E-state index contributed by atoms with van der Waals surface area (Å²) in [6.07, 6.45) is 1.99. The number of aromatic nitrogens is 2. The molecule has 0 saturated heterocycles. The zero-order valence-electron chi connectivity index (χ0n) is 14.6. The highest BCUT2D eigenvalue weighted by molar-refractivity contribution is 5.88. The van der Waals surface area contributed by atoms with Crippen LogP contribution in [0.4, 0.5) is 10.7 Å². The van der Waals surface area contributed by atoms with Crippen molar-refractivity contribution < 1.29 is 23.6 Å². The highest BCUT2D eigenvalue weighted by Gasteiger charge is 2.16. The molecule has 2 N–H and O–H groups in total. The van der Waals surface area contributed by atoms with Gasteiger partial charge in [0.15, 0.2) is 5.76 Å². The first-order valence-electron chi connectivity index (χ1n) is 7.93. The number of nitro groups is 1. The van der Waals surface area contributed by atoms with Crippen LogP contribution in [0.1, 0.15) is 11.1 Å². The van der Waals surface area contributed by atoms with Crippen LogP contribution in [-0.4, -0.2) is 34.5 Å². The number of H-pyrrole nitrogens is 1. The molecule has 1 amide bonds. The standard InChI is InChI=1S/C17H15N5O6/c1-26-13-4-2-11(3-5-13)10-27-17(23)21-19-9-12-8-18-20-16(12)14-6-7-15(28-14)22(24)25/h2-9H,10H2,1H3,(H,18,20)(H,21,23). The zero-order chi connectivity index (χ0) is 19.9. The molecular weight excluding hydrogens is 370 g/mol. The Morgan fingerprint density at radius 1 is 1.36 bits per heavy atom. The van der Waals surface area contributed by atoms with E-state index in [2.05, 4.69) is 20.7 Å². The maximum absolute atomic E-state index is 11.7. The van der Waals surface area contributed by atoms with E-state index >= 15 is 0 Å². The van der Waals surface area contributed by atoms with E-state index in [-0.39, 0.29) is 12.4 Å². The first-order valence-corrected chi connectivity index (χ1v) is 7.93. The van der Waals surface area contributed by atoms with E-state index in [1.165, 1.54) is 24.5 Å². The van der Waals surface area contributed by atoms with Crippen molar-refractivity contribution in [2.24, 2.45) is 5.10 Å². The van der Waals surface area contributed by atoms with Crippen molar-refractivity contribution in [3.8, 4) is 17.2 Å². The summed E-state index contributed by atoms with van der Waals surface area (Å²) < 4.78 is 15.2. The van der Waals surface area contributed by atoms with Crippen LogP contribution in [0.5, 0.6) is 5.75 Å². The molecule has 28 heavy (non-hydrogen) atoms. The lowest BCUT2D eigenvalue weighted by Gasteiger charge is -2.05. The third kappa shape index (κ3) is 4.52. The number of nitrogens with one attached hydrogen (secondary N) is 2. The number of furan rings is 1. The molecule has 0 aliphatic heterocycles. The Morgan fingerprint density at radius 2 is 2.14 bits per heavy atom. The third-order valence-corrected chi connectivity index (χ3v) is 3.58. The van der Waals surface area contributed by atoms with E-state index in [9.17, 15) is 14.9 Å². The van der Waals surface area contributed by atoms with E-state index in [0.717, 1.165) is 5.56 Å². The molecule has 0 atom stereocenters. The maximum atomic E-state index is 11.7. The van der Waals surface area contributed by atoms with Crippen molar-refractivity contribution in [2.75, 3.05) is 7.11 Å². The van der Waals surface area contributed by atoms with Gasteiger partial charge in [-0.15, -0.1) is 0 Å². The smallest absolute Gasteiger partial charge is 0.433 e. The molecule has 0 radical (unpaired) electrons. The number of hydrogen-bond donors (Lipinski definition) is 2. The Morgan fingerprint density at radius 3 is 2.82 bits per heavy atom. The molecule has 0 saturated carbocycles. The van der Waals surface area contributed by atoms with Gasteiger partial charge in [0.05, 0.1) is 25.6 Å². The molecule has 144 valence electrons. The number of hydrazone groups is 1. The van der Waals surface area contributed by atoms with Gasteiger partial charge in [0, 0.05) is 5.56 Å². The molecule has 2 heterocycles. The normalized spacial score (nSPS) is 10.8. The summed E-state index contributed by atoms with van der Waals surface area (Å²) in [6, 6.07) is 9.72. The predicted molar refractivity (Wildman–Crippen MR) is 96.9 cm³/mol. The average Bonchev–Trinajstić information content (AvgIpc) is 3.36. The SMILES string of the molecule is COc1ccc(COC(=O)NN=Cc2cn[nH]c2-c2ccc([N+](=O)[O-])o2)cc1. The molecule has 3 rings (SSSR count). The summed E-state index contributed by atoms with van der Waals surface area (Å²) in [5.41, 5.74) is 3.85. The van der Waals surface area contributed by atoms with Gasteiger partial charge >= 0.3 is 12.0 Å². The van der Waals surface area contributed by atoms with Gasteiger partial charge in [-0.05, 0) is 23.8 Å². The molecule has 0 spiro atoms. The summed E-state index contributed by atoms with van der Waals surface area (Å²) in [7, 11) is 1.56. The topological polar surface area (TPSA) is 145 Å². The second kappa shape index (κ2) is 8.49. The minimum Gasteiger partial charge on any atom is -0.497 e. The Hall–Kier alpha value is -4.15. The minimum absolute atomic E-state index is 0.0678. The number of ether oxygens (including phenoxy) is 2. The summed E-state index contributed by atoms with van der Waals surface area (Å²) in [5.74, 6) is 0.524. The van der Waals surface area contributed by atoms with Crippen LogP contribution in [0.15, 0.2) is 52.1 Å². The molecule has 0 unspecified atom stereocenters. The van der Waals surface area contributed by atoms with Crippen LogP contribution < -0.4 is 10.2 Å². The number of aromatic amines is 1. The lowest BCUT2D eigenvalue weighted by molar-refractivity contribution is -0.401. The average molecular weight is 385 g/mol. The quantitative estimate of drug-likeness (QED) is 0.361. The van der Waals surface area contributed by atoms with Gasteiger partial charge in [-0.3, -0.25) is 15.2 Å². The highest BCUT2D eigenvalue weighted by Crippen LogP contribution is 2.26.